The maximum Gasteiger partial charge on any atom is 0.252 e. The zero-order chi connectivity index (χ0) is 21.8. The molecule has 0 radical (unpaired) electrons. The van der Waals surface area contributed by atoms with Gasteiger partial charge in [0.15, 0.2) is 0 Å². The SMILES string of the molecule is Cc1ccc([C@@H](NC(=O)[C@H]2CCCN(S(=O)(=O)c3cccs3)C2)c2ccccc2)cc1. The van der Waals surface area contributed by atoms with Gasteiger partial charge in [-0.25, -0.2) is 8.42 Å². The summed E-state index contributed by atoms with van der Waals surface area (Å²) in [5.41, 5.74) is 3.16. The molecule has 0 saturated carbocycles. The predicted molar refractivity (Wildman–Crippen MR) is 123 cm³/mol. The number of hydrogen-bond donors (Lipinski definition) is 1. The van der Waals surface area contributed by atoms with Gasteiger partial charge >= 0.3 is 0 Å². The van der Waals surface area contributed by atoms with Crippen molar-refractivity contribution in [2.75, 3.05) is 13.1 Å². The van der Waals surface area contributed by atoms with Crippen LogP contribution >= 0.6 is 11.3 Å². The van der Waals surface area contributed by atoms with Crippen LogP contribution in [-0.4, -0.2) is 31.7 Å². The molecule has 0 unspecified atom stereocenters. The highest BCUT2D eigenvalue weighted by Crippen LogP contribution is 2.28. The zero-order valence-electron chi connectivity index (χ0n) is 17.4. The molecule has 1 amide bonds. The summed E-state index contributed by atoms with van der Waals surface area (Å²) in [4.78, 5) is 13.3. The second kappa shape index (κ2) is 9.34. The third-order valence-corrected chi connectivity index (χ3v) is 8.91. The lowest BCUT2D eigenvalue weighted by molar-refractivity contribution is -0.126. The van der Waals surface area contributed by atoms with Crippen molar-refractivity contribution in [1.29, 1.82) is 0 Å². The number of carbonyl (C=O) groups excluding carboxylic acids is 1. The van der Waals surface area contributed by atoms with Crippen LogP contribution in [0.25, 0.3) is 0 Å². The van der Waals surface area contributed by atoms with Gasteiger partial charge in [0.05, 0.1) is 12.0 Å². The number of carbonyl (C=O) groups is 1. The molecule has 1 fully saturated rings. The van der Waals surface area contributed by atoms with Crippen molar-refractivity contribution < 1.29 is 13.2 Å². The first-order valence-electron chi connectivity index (χ1n) is 10.4. The van der Waals surface area contributed by atoms with Crippen LogP contribution in [0.3, 0.4) is 0 Å². The van der Waals surface area contributed by atoms with Gasteiger partial charge in [-0.1, -0.05) is 66.2 Å². The van der Waals surface area contributed by atoms with Crippen LogP contribution in [0.1, 0.15) is 35.6 Å². The minimum Gasteiger partial charge on any atom is -0.345 e. The third kappa shape index (κ3) is 4.89. The molecular weight excluding hydrogens is 428 g/mol. The molecule has 0 spiro atoms. The van der Waals surface area contributed by atoms with Crippen LogP contribution in [0, 0.1) is 12.8 Å². The normalized spacial score (nSPS) is 18.4. The highest BCUT2D eigenvalue weighted by atomic mass is 32.2. The first-order valence-corrected chi connectivity index (χ1v) is 12.7. The first-order chi connectivity index (χ1) is 14.9. The van der Waals surface area contributed by atoms with E-state index in [1.165, 1.54) is 15.6 Å². The molecule has 1 aliphatic rings. The average molecular weight is 455 g/mol. The summed E-state index contributed by atoms with van der Waals surface area (Å²) in [5.74, 6) is -0.486. The minimum atomic E-state index is -3.55. The van der Waals surface area contributed by atoms with Gasteiger partial charge in [0.25, 0.3) is 10.0 Å². The van der Waals surface area contributed by atoms with Crippen molar-refractivity contribution in [3.8, 4) is 0 Å². The minimum absolute atomic E-state index is 0.111. The molecule has 3 aromatic rings. The number of benzene rings is 2. The van der Waals surface area contributed by atoms with E-state index in [0.29, 0.717) is 23.6 Å². The molecule has 0 bridgehead atoms. The Bertz CT molecular complexity index is 1110. The highest BCUT2D eigenvalue weighted by molar-refractivity contribution is 7.91. The highest BCUT2D eigenvalue weighted by Gasteiger charge is 2.34. The van der Waals surface area contributed by atoms with Crippen LogP contribution in [0.4, 0.5) is 0 Å². The topological polar surface area (TPSA) is 66.5 Å². The van der Waals surface area contributed by atoms with Crippen molar-refractivity contribution in [3.05, 3.63) is 88.8 Å². The zero-order valence-corrected chi connectivity index (χ0v) is 19.0. The first kappa shape index (κ1) is 21.7. The molecule has 1 aromatic heterocycles. The van der Waals surface area contributed by atoms with Crippen molar-refractivity contribution >= 4 is 27.3 Å². The standard InChI is InChI=1S/C24H26N2O3S2/c1-18-11-13-20(14-12-18)23(19-7-3-2-4-8-19)25-24(27)21-9-5-15-26(17-21)31(28,29)22-10-6-16-30-22/h2-4,6-8,10-14,16,21,23H,5,9,15,17H2,1H3,(H,25,27)/t21-,23-/m0/s1. The van der Waals surface area contributed by atoms with Crippen LogP contribution in [0.15, 0.2) is 76.3 Å². The summed E-state index contributed by atoms with van der Waals surface area (Å²) >= 11 is 1.21. The van der Waals surface area contributed by atoms with Crippen molar-refractivity contribution in [1.82, 2.24) is 9.62 Å². The summed E-state index contributed by atoms with van der Waals surface area (Å²) in [7, 11) is -3.55. The van der Waals surface area contributed by atoms with E-state index in [4.69, 9.17) is 0 Å². The third-order valence-electron chi connectivity index (χ3n) is 5.67. The second-order valence-electron chi connectivity index (χ2n) is 7.90. The predicted octanol–water partition coefficient (Wildman–Crippen LogP) is 4.36. The number of rotatable bonds is 6. The Morgan fingerprint density at radius 2 is 1.74 bits per heavy atom. The monoisotopic (exact) mass is 454 g/mol. The fourth-order valence-electron chi connectivity index (χ4n) is 3.94. The molecule has 1 aliphatic heterocycles. The molecule has 5 nitrogen and oxygen atoms in total. The van der Waals surface area contributed by atoms with Crippen molar-refractivity contribution in [2.45, 2.75) is 30.0 Å². The van der Waals surface area contributed by atoms with Gasteiger partial charge in [-0.15, -0.1) is 11.3 Å². The Labute approximate surface area is 187 Å². The quantitative estimate of drug-likeness (QED) is 0.602. The number of nitrogens with one attached hydrogen (secondary N) is 1. The summed E-state index contributed by atoms with van der Waals surface area (Å²) in [6, 6.07) is 21.1. The van der Waals surface area contributed by atoms with Crippen LogP contribution in [0.2, 0.25) is 0 Å². The molecular formula is C24H26N2O3S2. The summed E-state index contributed by atoms with van der Waals surface area (Å²) < 4.78 is 27.6. The molecule has 162 valence electrons. The summed E-state index contributed by atoms with van der Waals surface area (Å²) in [6.07, 6.45) is 1.35. The fraction of sp³-hybridized carbons (Fsp3) is 0.292. The molecule has 31 heavy (non-hydrogen) atoms. The molecule has 2 aromatic carbocycles. The van der Waals surface area contributed by atoms with E-state index >= 15 is 0 Å². The van der Waals surface area contributed by atoms with E-state index < -0.39 is 10.0 Å². The lowest BCUT2D eigenvalue weighted by Gasteiger charge is -2.32. The molecule has 2 atom stereocenters. The molecule has 1 N–H and O–H groups in total. The number of nitrogens with zero attached hydrogens (tertiary/aromatic N) is 1. The Morgan fingerprint density at radius 3 is 2.42 bits per heavy atom. The molecule has 7 heteroatoms. The van der Waals surface area contributed by atoms with Gasteiger partial charge in [0.1, 0.15) is 4.21 Å². The Hall–Kier alpha value is -2.48. The Kier molecular flexibility index (Phi) is 6.55. The van der Waals surface area contributed by atoms with Gasteiger partial charge in [-0.2, -0.15) is 4.31 Å². The van der Waals surface area contributed by atoms with Crippen LogP contribution < -0.4 is 5.32 Å². The smallest absolute Gasteiger partial charge is 0.252 e. The maximum absolute atomic E-state index is 13.3. The second-order valence-corrected chi connectivity index (χ2v) is 11.0. The van der Waals surface area contributed by atoms with Gasteiger partial charge in [-0.3, -0.25) is 4.79 Å². The Morgan fingerprint density at radius 1 is 1.03 bits per heavy atom. The van der Waals surface area contributed by atoms with E-state index in [0.717, 1.165) is 16.7 Å². The van der Waals surface area contributed by atoms with E-state index in [1.807, 2.05) is 61.5 Å². The van der Waals surface area contributed by atoms with E-state index in [1.54, 1.807) is 17.5 Å². The van der Waals surface area contributed by atoms with Gasteiger partial charge < -0.3 is 5.32 Å². The van der Waals surface area contributed by atoms with Gasteiger partial charge in [-0.05, 0) is 42.3 Å². The molecule has 0 aliphatic carbocycles. The number of sulfonamides is 1. The number of piperidine rings is 1. The Balaban J connectivity index is 1.54. The van der Waals surface area contributed by atoms with Gasteiger partial charge in [0, 0.05) is 13.1 Å². The number of amides is 1. The number of hydrogen-bond acceptors (Lipinski definition) is 4. The lowest BCUT2D eigenvalue weighted by atomic mass is 9.94. The van der Waals surface area contributed by atoms with Crippen molar-refractivity contribution in [3.63, 3.8) is 0 Å². The summed E-state index contributed by atoms with van der Waals surface area (Å²) in [6.45, 7) is 2.69. The largest absolute Gasteiger partial charge is 0.345 e. The van der Waals surface area contributed by atoms with Crippen LogP contribution in [0.5, 0.6) is 0 Å². The lowest BCUT2D eigenvalue weighted by Crippen LogP contribution is -2.46. The maximum atomic E-state index is 13.3. The summed E-state index contributed by atoms with van der Waals surface area (Å²) in [5, 5.41) is 4.94. The van der Waals surface area contributed by atoms with Gasteiger partial charge in [0.2, 0.25) is 5.91 Å². The average Bonchev–Trinajstić information content (AvgIpc) is 3.35. The number of aryl methyl sites for hydroxylation is 1. The van der Waals surface area contributed by atoms with E-state index in [-0.39, 0.29) is 24.4 Å². The number of thiophene rings is 1. The van der Waals surface area contributed by atoms with E-state index in [9.17, 15) is 13.2 Å². The fourth-order valence-corrected chi connectivity index (χ4v) is 6.60. The molecule has 4 rings (SSSR count). The molecule has 1 saturated heterocycles. The molecule has 2 heterocycles. The van der Waals surface area contributed by atoms with Crippen LogP contribution in [-0.2, 0) is 14.8 Å². The van der Waals surface area contributed by atoms with E-state index in [2.05, 4.69) is 5.32 Å². The van der Waals surface area contributed by atoms with Crippen molar-refractivity contribution in [2.24, 2.45) is 5.92 Å².